The molecule has 0 saturated heterocycles. The summed E-state index contributed by atoms with van der Waals surface area (Å²) < 4.78 is 0. The van der Waals surface area contributed by atoms with Gasteiger partial charge in [0.2, 0.25) is 0 Å². The van der Waals surface area contributed by atoms with Crippen LogP contribution in [0.3, 0.4) is 0 Å². The van der Waals surface area contributed by atoms with Crippen LogP contribution >= 0.6 is 0 Å². The molecule has 0 aliphatic rings. The van der Waals surface area contributed by atoms with E-state index in [0.29, 0.717) is 0 Å². The fourth-order valence-corrected chi connectivity index (χ4v) is 2.17. The van der Waals surface area contributed by atoms with Crippen molar-refractivity contribution in [2.24, 2.45) is 0 Å². The highest BCUT2D eigenvalue weighted by Gasteiger charge is 2.09. The van der Waals surface area contributed by atoms with E-state index in [9.17, 15) is 0 Å². The molecule has 1 aromatic rings. The first-order valence-corrected chi connectivity index (χ1v) is 8.08. The molecule has 20 heavy (non-hydrogen) atoms. The molecule has 0 radical (unpaired) electrons. The number of anilines is 2. The first-order valence-electron chi connectivity index (χ1n) is 8.08. The van der Waals surface area contributed by atoms with Gasteiger partial charge in [0.25, 0.3) is 0 Å². The number of nitrogens with zero attached hydrogens (tertiary/aromatic N) is 2. The minimum Gasteiger partial charge on any atom is -0.370 e. The number of hydrogen-bond acceptors (Lipinski definition) is 4. The highest BCUT2D eigenvalue weighted by Crippen LogP contribution is 2.20. The van der Waals surface area contributed by atoms with Crippen LogP contribution in [0, 0.1) is 6.92 Å². The van der Waals surface area contributed by atoms with Crippen LogP contribution < -0.4 is 10.6 Å². The maximum absolute atomic E-state index is 4.66. The lowest BCUT2D eigenvalue weighted by Gasteiger charge is -2.14. The zero-order valence-electron chi connectivity index (χ0n) is 13.6. The minimum absolute atomic E-state index is 0.888. The smallest absolute Gasteiger partial charge is 0.134 e. The first-order chi connectivity index (χ1) is 9.72. The molecule has 4 nitrogen and oxygen atoms in total. The zero-order chi connectivity index (χ0) is 14.8. The quantitative estimate of drug-likeness (QED) is 0.631. The van der Waals surface area contributed by atoms with E-state index in [1.807, 2.05) is 0 Å². The van der Waals surface area contributed by atoms with Gasteiger partial charge >= 0.3 is 0 Å². The Morgan fingerprint density at radius 1 is 0.850 bits per heavy atom. The summed E-state index contributed by atoms with van der Waals surface area (Å²) in [6.45, 7) is 10.5. The fourth-order valence-electron chi connectivity index (χ4n) is 2.17. The first kappa shape index (κ1) is 16.7. The number of rotatable bonds is 10. The molecule has 2 N–H and O–H groups in total. The molecule has 0 spiro atoms. The predicted octanol–water partition coefficient (Wildman–Crippen LogP) is 4.16. The molecule has 1 rings (SSSR count). The standard InChI is InChI=1S/C16H30N4/c1-5-8-9-10-12-18-16-13(4)15(17-7-3)19-14(20-16)11-6-2/h5-12H2,1-4H3,(H2,17,18,19,20). The Bertz CT molecular complexity index is 390. The summed E-state index contributed by atoms with van der Waals surface area (Å²) in [5.41, 5.74) is 1.13. The van der Waals surface area contributed by atoms with Crippen LogP contribution in [-0.4, -0.2) is 23.1 Å². The molecule has 0 atom stereocenters. The van der Waals surface area contributed by atoms with E-state index in [1.165, 1.54) is 25.7 Å². The van der Waals surface area contributed by atoms with Crippen molar-refractivity contribution in [3.05, 3.63) is 11.4 Å². The second-order valence-electron chi connectivity index (χ2n) is 5.23. The molecule has 0 aromatic carbocycles. The van der Waals surface area contributed by atoms with Crippen LogP contribution in [0.2, 0.25) is 0 Å². The number of unbranched alkanes of at least 4 members (excludes halogenated alkanes) is 3. The maximum Gasteiger partial charge on any atom is 0.134 e. The third-order valence-electron chi connectivity index (χ3n) is 3.33. The van der Waals surface area contributed by atoms with Crippen LogP contribution in [0.25, 0.3) is 0 Å². The van der Waals surface area contributed by atoms with Gasteiger partial charge in [0.1, 0.15) is 17.5 Å². The number of nitrogens with one attached hydrogen (secondary N) is 2. The molecular weight excluding hydrogens is 248 g/mol. The monoisotopic (exact) mass is 278 g/mol. The van der Waals surface area contributed by atoms with Crippen molar-refractivity contribution in [3.63, 3.8) is 0 Å². The third-order valence-corrected chi connectivity index (χ3v) is 3.33. The molecule has 0 fully saturated rings. The van der Waals surface area contributed by atoms with Crippen LogP contribution in [0.1, 0.15) is 64.3 Å². The van der Waals surface area contributed by atoms with Gasteiger partial charge in [-0.25, -0.2) is 9.97 Å². The van der Waals surface area contributed by atoms with Crippen molar-refractivity contribution in [3.8, 4) is 0 Å². The SMILES string of the molecule is CCCCCCNc1nc(CCC)nc(NCC)c1C. The van der Waals surface area contributed by atoms with E-state index in [-0.39, 0.29) is 0 Å². The van der Waals surface area contributed by atoms with Crippen LogP contribution in [-0.2, 0) is 6.42 Å². The largest absolute Gasteiger partial charge is 0.370 e. The predicted molar refractivity (Wildman–Crippen MR) is 87.6 cm³/mol. The zero-order valence-corrected chi connectivity index (χ0v) is 13.6. The highest BCUT2D eigenvalue weighted by molar-refractivity contribution is 5.57. The average Bonchev–Trinajstić information content (AvgIpc) is 2.43. The Morgan fingerprint density at radius 2 is 1.55 bits per heavy atom. The summed E-state index contributed by atoms with van der Waals surface area (Å²) in [7, 11) is 0. The van der Waals surface area contributed by atoms with E-state index in [2.05, 4.69) is 48.3 Å². The average molecular weight is 278 g/mol. The Labute approximate surface area is 123 Å². The van der Waals surface area contributed by atoms with Gasteiger partial charge in [-0.1, -0.05) is 33.1 Å². The van der Waals surface area contributed by atoms with E-state index in [1.54, 1.807) is 0 Å². The van der Waals surface area contributed by atoms with Crippen molar-refractivity contribution in [1.82, 2.24) is 9.97 Å². The molecule has 0 aliphatic heterocycles. The van der Waals surface area contributed by atoms with Crippen LogP contribution in [0.4, 0.5) is 11.6 Å². The fraction of sp³-hybridized carbons (Fsp3) is 0.750. The summed E-state index contributed by atoms with van der Waals surface area (Å²) in [5, 5.41) is 6.81. The van der Waals surface area contributed by atoms with Gasteiger partial charge in [-0.2, -0.15) is 0 Å². The van der Waals surface area contributed by atoms with E-state index in [0.717, 1.165) is 49.0 Å². The molecule has 114 valence electrons. The molecular formula is C16H30N4. The van der Waals surface area contributed by atoms with Gasteiger partial charge in [-0.3, -0.25) is 0 Å². The van der Waals surface area contributed by atoms with Crippen LogP contribution in [0.15, 0.2) is 0 Å². The van der Waals surface area contributed by atoms with Crippen molar-refractivity contribution < 1.29 is 0 Å². The Kier molecular flexibility index (Phi) is 8.00. The normalized spacial score (nSPS) is 10.6. The van der Waals surface area contributed by atoms with Gasteiger partial charge in [-0.05, 0) is 26.7 Å². The van der Waals surface area contributed by atoms with Crippen molar-refractivity contribution in [1.29, 1.82) is 0 Å². The lowest BCUT2D eigenvalue weighted by atomic mass is 10.2. The molecule has 1 aromatic heterocycles. The second kappa shape index (κ2) is 9.56. The van der Waals surface area contributed by atoms with Gasteiger partial charge in [0.15, 0.2) is 0 Å². The minimum atomic E-state index is 0.888. The lowest BCUT2D eigenvalue weighted by Crippen LogP contribution is -2.12. The molecule has 4 heteroatoms. The van der Waals surface area contributed by atoms with Crippen molar-refractivity contribution in [2.45, 2.75) is 66.2 Å². The summed E-state index contributed by atoms with van der Waals surface area (Å²) in [6.07, 6.45) is 7.09. The van der Waals surface area contributed by atoms with Gasteiger partial charge in [0, 0.05) is 25.1 Å². The van der Waals surface area contributed by atoms with Gasteiger partial charge in [-0.15, -0.1) is 0 Å². The third kappa shape index (κ3) is 5.35. The number of aryl methyl sites for hydroxylation is 1. The van der Waals surface area contributed by atoms with Crippen LogP contribution in [0.5, 0.6) is 0 Å². The molecule has 0 bridgehead atoms. The van der Waals surface area contributed by atoms with Gasteiger partial charge < -0.3 is 10.6 Å². The summed E-state index contributed by atoms with van der Waals surface area (Å²) in [5.74, 6) is 2.91. The molecule has 1 heterocycles. The van der Waals surface area contributed by atoms with Gasteiger partial charge in [0.05, 0.1) is 0 Å². The Balaban J connectivity index is 2.71. The summed E-state index contributed by atoms with van der Waals surface area (Å²) >= 11 is 0. The maximum atomic E-state index is 4.66. The summed E-state index contributed by atoms with van der Waals surface area (Å²) in [4.78, 5) is 9.27. The van der Waals surface area contributed by atoms with E-state index >= 15 is 0 Å². The topological polar surface area (TPSA) is 49.8 Å². The Morgan fingerprint density at radius 3 is 2.15 bits per heavy atom. The molecule has 0 saturated carbocycles. The van der Waals surface area contributed by atoms with E-state index in [4.69, 9.17) is 0 Å². The second-order valence-corrected chi connectivity index (χ2v) is 5.23. The summed E-state index contributed by atoms with van der Waals surface area (Å²) in [6, 6.07) is 0. The number of aromatic nitrogens is 2. The Hall–Kier alpha value is -1.32. The van der Waals surface area contributed by atoms with Crippen molar-refractivity contribution in [2.75, 3.05) is 23.7 Å². The highest BCUT2D eigenvalue weighted by atomic mass is 15.1. The van der Waals surface area contributed by atoms with Crippen molar-refractivity contribution >= 4 is 11.6 Å². The molecule has 0 aliphatic carbocycles. The lowest BCUT2D eigenvalue weighted by molar-refractivity contribution is 0.683. The number of hydrogen-bond donors (Lipinski definition) is 2. The van der Waals surface area contributed by atoms with E-state index < -0.39 is 0 Å². The molecule has 0 unspecified atom stereocenters. The molecule has 0 amide bonds.